The van der Waals surface area contributed by atoms with E-state index in [0.717, 1.165) is 38.5 Å². The summed E-state index contributed by atoms with van der Waals surface area (Å²) in [7, 11) is 0. The van der Waals surface area contributed by atoms with Crippen LogP contribution in [0.2, 0.25) is 5.02 Å². The molecule has 0 unspecified atom stereocenters. The minimum atomic E-state index is 0.743. The number of rotatable bonds is 3. The Morgan fingerprint density at radius 2 is 1.68 bits per heavy atom. The van der Waals surface area contributed by atoms with Crippen molar-refractivity contribution in [1.29, 1.82) is 0 Å². The molecule has 100 valence electrons. The van der Waals surface area contributed by atoms with Crippen molar-refractivity contribution in [3.63, 3.8) is 0 Å². The molecular formula is C16H16BrClO. The predicted octanol–water partition coefficient (Wildman–Crippen LogP) is 5.95. The number of benzene rings is 2. The van der Waals surface area contributed by atoms with E-state index >= 15 is 0 Å². The van der Waals surface area contributed by atoms with Gasteiger partial charge in [-0.05, 0) is 50.1 Å². The van der Waals surface area contributed by atoms with Crippen molar-refractivity contribution in [3.8, 4) is 11.5 Å². The van der Waals surface area contributed by atoms with Gasteiger partial charge in [0.25, 0.3) is 0 Å². The van der Waals surface area contributed by atoms with Gasteiger partial charge in [0.05, 0.1) is 0 Å². The van der Waals surface area contributed by atoms with Crippen molar-refractivity contribution >= 4 is 27.5 Å². The van der Waals surface area contributed by atoms with Gasteiger partial charge in [-0.2, -0.15) is 0 Å². The second-order valence-corrected chi connectivity index (χ2v) is 5.71. The predicted molar refractivity (Wildman–Crippen MR) is 84.8 cm³/mol. The van der Waals surface area contributed by atoms with Crippen LogP contribution < -0.4 is 4.74 Å². The van der Waals surface area contributed by atoms with Gasteiger partial charge in [0.15, 0.2) is 0 Å². The summed E-state index contributed by atoms with van der Waals surface area (Å²) < 4.78 is 6.08. The molecule has 0 spiro atoms. The van der Waals surface area contributed by atoms with E-state index in [0.29, 0.717) is 0 Å². The molecule has 0 aromatic heterocycles. The van der Waals surface area contributed by atoms with E-state index in [1.165, 1.54) is 5.56 Å². The first-order valence-corrected chi connectivity index (χ1v) is 7.61. The molecule has 0 bridgehead atoms. The van der Waals surface area contributed by atoms with E-state index in [-0.39, 0.29) is 0 Å². The van der Waals surface area contributed by atoms with Gasteiger partial charge < -0.3 is 4.74 Å². The SMILES string of the molecule is Cc1ccc(Oc2c(C)cc(Cl)cc2C)c(CBr)c1. The molecule has 0 fully saturated rings. The van der Waals surface area contributed by atoms with E-state index in [4.69, 9.17) is 16.3 Å². The Bertz CT molecular complexity index is 585. The van der Waals surface area contributed by atoms with Crippen molar-refractivity contribution in [2.45, 2.75) is 26.1 Å². The highest BCUT2D eigenvalue weighted by Crippen LogP contribution is 2.33. The standard InChI is InChI=1S/C16H16BrClO/c1-10-4-5-15(13(6-10)9-17)19-16-11(2)7-14(18)8-12(16)3/h4-8H,9H2,1-3H3. The molecule has 2 aromatic carbocycles. The summed E-state index contributed by atoms with van der Waals surface area (Å²) in [6, 6.07) is 10.0. The lowest BCUT2D eigenvalue weighted by molar-refractivity contribution is 0.471. The monoisotopic (exact) mass is 338 g/mol. The fourth-order valence-corrected chi connectivity index (χ4v) is 2.85. The van der Waals surface area contributed by atoms with E-state index in [1.807, 2.05) is 32.0 Å². The fourth-order valence-electron chi connectivity index (χ4n) is 2.08. The van der Waals surface area contributed by atoms with Gasteiger partial charge in [0.2, 0.25) is 0 Å². The average Bonchev–Trinajstić information content (AvgIpc) is 2.35. The zero-order valence-electron chi connectivity index (χ0n) is 11.3. The summed E-state index contributed by atoms with van der Waals surface area (Å²) >= 11 is 9.54. The maximum absolute atomic E-state index is 6.08. The van der Waals surface area contributed by atoms with Crippen LogP contribution in [0.4, 0.5) is 0 Å². The van der Waals surface area contributed by atoms with E-state index in [2.05, 4.69) is 35.0 Å². The Labute approximate surface area is 127 Å². The van der Waals surface area contributed by atoms with Gasteiger partial charge in [-0.15, -0.1) is 0 Å². The first-order valence-electron chi connectivity index (χ1n) is 6.11. The summed E-state index contributed by atoms with van der Waals surface area (Å²) in [6.45, 7) is 6.10. The molecule has 0 aliphatic heterocycles. The van der Waals surface area contributed by atoms with Gasteiger partial charge in [-0.1, -0.05) is 45.2 Å². The summed E-state index contributed by atoms with van der Waals surface area (Å²) in [4.78, 5) is 0. The zero-order valence-corrected chi connectivity index (χ0v) is 13.6. The maximum Gasteiger partial charge on any atom is 0.133 e. The maximum atomic E-state index is 6.08. The molecule has 0 saturated heterocycles. The molecule has 0 aliphatic carbocycles. The molecule has 2 aromatic rings. The second-order valence-electron chi connectivity index (χ2n) is 4.72. The number of hydrogen-bond acceptors (Lipinski definition) is 1. The van der Waals surface area contributed by atoms with Crippen molar-refractivity contribution in [2.75, 3.05) is 0 Å². The topological polar surface area (TPSA) is 9.23 Å². The van der Waals surface area contributed by atoms with Crippen LogP contribution in [0.1, 0.15) is 22.3 Å². The van der Waals surface area contributed by atoms with Crippen LogP contribution in [0.15, 0.2) is 30.3 Å². The molecule has 0 saturated carbocycles. The van der Waals surface area contributed by atoms with Crippen LogP contribution in [-0.4, -0.2) is 0 Å². The van der Waals surface area contributed by atoms with E-state index < -0.39 is 0 Å². The minimum Gasteiger partial charge on any atom is -0.456 e. The Balaban J connectivity index is 2.42. The first kappa shape index (κ1) is 14.4. The van der Waals surface area contributed by atoms with Crippen LogP contribution in [0.3, 0.4) is 0 Å². The molecule has 1 nitrogen and oxygen atoms in total. The van der Waals surface area contributed by atoms with Crippen LogP contribution in [0, 0.1) is 20.8 Å². The average molecular weight is 340 g/mol. The van der Waals surface area contributed by atoms with Crippen LogP contribution >= 0.6 is 27.5 Å². The largest absolute Gasteiger partial charge is 0.456 e. The molecule has 2 rings (SSSR count). The third-order valence-electron chi connectivity index (χ3n) is 3.00. The highest BCUT2D eigenvalue weighted by molar-refractivity contribution is 9.08. The molecule has 19 heavy (non-hydrogen) atoms. The highest BCUT2D eigenvalue weighted by Gasteiger charge is 2.10. The smallest absolute Gasteiger partial charge is 0.133 e. The van der Waals surface area contributed by atoms with Crippen LogP contribution in [0.5, 0.6) is 11.5 Å². The third-order valence-corrected chi connectivity index (χ3v) is 3.82. The van der Waals surface area contributed by atoms with Crippen LogP contribution in [-0.2, 0) is 5.33 Å². The quantitative estimate of drug-likeness (QED) is 0.628. The summed E-state index contributed by atoms with van der Waals surface area (Å²) in [5.74, 6) is 1.77. The Hall–Kier alpha value is -0.990. The molecule has 0 radical (unpaired) electrons. The Morgan fingerprint density at radius 1 is 1.05 bits per heavy atom. The summed E-state index contributed by atoms with van der Waals surface area (Å²) in [5, 5.41) is 1.52. The molecule has 0 amide bonds. The molecular weight excluding hydrogens is 324 g/mol. The molecule has 0 heterocycles. The lowest BCUT2D eigenvalue weighted by Gasteiger charge is -2.15. The highest BCUT2D eigenvalue weighted by atomic mass is 79.9. The number of ether oxygens (including phenoxy) is 1. The number of hydrogen-bond donors (Lipinski definition) is 0. The molecule has 0 N–H and O–H groups in total. The molecule has 3 heteroatoms. The third kappa shape index (κ3) is 3.31. The van der Waals surface area contributed by atoms with E-state index in [9.17, 15) is 0 Å². The Morgan fingerprint density at radius 3 is 2.26 bits per heavy atom. The normalized spacial score (nSPS) is 10.6. The number of alkyl halides is 1. The number of halogens is 2. The Kier molecular flexibility index (Phi) is 4.54. The minimum absolute atomic E-state index is 0.743. The van der Waals surface area contributed by atoms with Gasteiger partial charge in [-0.25, -0.2) is 0 Å². The van der Waals surface area contributed by atoms with Gasteiger partial charge in [0, 0.05) is 15.9 Å². The number of aryl methyl sites for hydroxylation is 3. The van der Waals surface area contributed by atoms with Gasteiger partial charge in [-0.3, -0.25) is 0 Å². The first-order chi connectivity index (χ1) is 9.01. The molecule has 0 atom stereocenters. The van der Waals surface area contributed by atoms with Crippen molar-refractivity contribution in [3.05, 3.63) is 57.6 Å². The fraction of sp³-hybridized carbons (Fsp3) is 0.250. The van der Waals surface area contributed by atoms with Gasteiger partial charge >= 0.3 is 0 Å². The van der Waals surface area contributed by atoms with Gasteiger partial charge in [0.1, 0.15) is 11.5 Å². The van der Waals surface area contributed by atoms with Crippen molar-refractivity contribution in [2.24, 2.45) is 0 Å². The molecule has 0 aliphatic rings. The lowest BCUT2D eigenvalue weighted by atomic mass is 10.1. The van der Waals surface area contributed by atoms with Crippen molar-refractivity contribution in [1.82, 2.24) is 0 Å². The second kappa shape index (κ2) is 5.98. The van der Waals surface area contributed by atoms with Crippen molar-refractivity contribution < 1.29 is 4.74 Å². The van der Waals surface area contributed by atoms with Crippen LogP contribution in [0.25, 0.3) is 0 Å². The summed E-state index contributed by atoms with van der Waals surface area (Å²) in [6.07, 6.45) is 0. The zero-order chi connectivity index (χ0) is 14.0. The summed E-state index contributed by atoms with van der Waals surface area (Å²) in [5.41, 5.74) is 4.47. The lowest BCUT2D eigenvalue weighted by Crippen LogP contribution is -1.94. The van der Waals surface area contributed by atoms with E-state index in [1.54, 1.807) is 0 Å².